The summed E-state index contributed by atoms with van der Waals surface area (Å²) in [5.74, 6) is 0. The van der Waals surface area contributed by atoms with Gasteiger partial charge in [0, 0.05) is 26.4 Å². The number of hydrogen-bond donors (Lipinski definition) is 6. The van der Waals surface area contributed by atoms with Crippen LogP contribution in [0.3, 0.4) is 0 Å². The van der Waals surface area contributed by atoms with Crippen LogP contribution in [0.4, 0.5) is 0 Å². The van der Waals surface area contributed by atoms with Gasteiger partial charge in [-0.05, 0) is 25.7 Å². The van der Waals surface area contributed by atoms with E-state index in [9.17, 15) is 30.6 Å². The van der Waals surface area contributed by atoms with Gasteiger partial charge in [-0.25, -0.2) is 9.36 Å². The molecule has 0 saturated carbocycles. The van der Waals surface area contributed by atoms with Crippen LogP contribution >= 0.6 is 0 Å². The van der Waals surface area contributed by atoms with Gasteiger partial charge in [0.25, 0.3) is 0 Å². The minimum Gasteiger partial charge on any atom is -0.388 e. The molecule has 4 rings (SSSR count). The van der Waals surface area contributed by atoms with E-state index in [-0.39, 0.29) is 38.5 Å². The van der Waals surface area contributed by atoms with Gasteiger partial charge >= 0.3 is 0 Å². The second-order valence-corrected chi connectivity index (χ2v) is 21.3. The van der Waals surface area contributed by atoms with Gasteiger partial charge in [0.15, 0.2) is 12.6 Å². The van der Waals surface area contributed by atoms with Crippen molar-refractivity contribution in [2.75, 3.05) is 52.9 Å². The van der Waals surface area contributed by atoms with Crippen molar-refractivity contribution >= 4 is 0 Å². The molecule has 2 aromatic rings. The summed E-state index contributed by atoms with van der Waals surface area (Å²) >= 11 is 0. The van der Waals surface area contributed by atoms with E-state index in [1.54, 1.807) is 12.4 Å². The molecular weight excluding hydrogens is 997 g/mol. The van der Waals surface area contributed by atoms with Crippen LogP contribution in [0.1, 0.15) is 193 Å². The molecule has 0 aliphatic carbocycles. The lowest BCUT2D eigenvalue weighted by molar-refractivity contribution is -0.375. The third-order valence-electron chi connectivity index (χ3n) is 14.2. The van der Waals surface area contributed by atoms with Crippen molar-refractivity contribution in [2.24, 2.45) is 0 Å². The number of nitrogens with zero attached hydrogens (tertiary/aromatic N) is 6. The second-order valence-electron chi connectivity index (χ2n) is 21.3. The van der Waals surface area contributed by atoms with Crippen LogP contribution in [0.5, 0.6) is 0 Å². The van der Waals surface area contributed by atoms with Crippen molar-refractivity contribution in [2.45, 2.75) is 282 Å². The summed E-state index contributed by atoms with van der Waals surface area (Å²) in [4.78, 5) is 0. The quantitative estimate of drug-likeness (QED) is 0.0387. The second kappa shape index (κ2) is 41.6. The lowest BCUT2D eigenvalue weighted by Gasteiger charge is -2.45. The molecule has 10 atom stereocenters. The Kier molecular flexibility index (Phi) is 36.3. The minimum atomic E-state index is -1.79. The Morgan fingerprint density at radius 2 is 0.714 bits per heavy atom. The molecule has 2 saturated heterocycles. The summed E-state index contributed by atoms with van der Waals surface area (Å²) < 4.78 is 57.1. The number of rotatable bonds is 48. The molecule has 0 amide bonds. The first-order valence-corrected chi connectivity index (χ1v) is 29.9. The Morgan fingerprint density at radius 3 is 1.03 bits per heavy atom. The smallest absolute Gasteiger partial charge is 0.189 e. The molecule has 6 N–H and O–H groups in total. The number of hydrogen-bond acceptors (Lipinski definition) is 19. The van der Waals surface area contributed by atoms with Gasteiger partial charge in [0.2, 0.25) is 0 Å². The predicted octanol–water partition coefficient (Wildman–Crippen LogP) is 6.48. The van der Waals surface area contributed by atoms with E-state index in [1.165, 1.54) is 112 Å². The molecule has 2 aliphatic rings. The third-order valence-corrected chi connectivity index (χ3v) is 14.2. The Hall–Kier alpha value is -2.32. The summed E-state index contributed by atoms with van der Waals surface area (Å²) in [7, 11) is 0. The van der Waals surface area contributed by atoms with E-state index < -0.39 is 61.4 Å². The summed E-state index contributed by atoms with van der Waals surface area (Å²) in [6.07, 6.45) is 14.9. The molecule has 4 heterocycles. The van der Waals surface area contributed by atoms with Crippen LogP contribution in [0, 0.1) is 0 Å². The highest BCUT2D eigenvalue weighted by Gasteiger charge is 2.50. The van der Waals surface area contributed by atoms with Gasteiger partial charge < -0.3 is 73.3 Å². The number of aliphatic hydroxyl groups excluding tert-OH is 6. The Morgan fingerprint density at radius 1 is 0.416 bits per heavy atom. The van der Waals surface area contributed by atoms with Crippen molar-refractivity contribution in [1.82, 2.24) is 30.0 Å². The molecule has 21 heteroatoms. The van der Waals surface area contributed by atoms with Crippen molar-refractivity contribution in [3.8, 4) is 0 Å². The Balaban J connectivity index is 1.28. The summed E-state index contributed by atoms with van der Waals surface area (Å²) in [5, 5.41) is 82.8. The maximum atomic E-state index is 11.0. The van der Waals surface area contributed by atoms with Crippen molar-refractivity contribution in [3.63, 3.8) is 0 Å². The monoisotopic (exact) mass is 1100 g/mol. The molecule has 0 aromatic carbocycles. The van der Waals surface area contributed by atoms with Crippen molar-refractivity contribution in [3.05, 3.63) is 23.8 Å². The standard InChI is InChI=1S/C56H104N6O15/c1-5-9-13-17-21-25-29-69-39-45(40-70-30-26-22-18-14-10-6-2)73-37-43-33-61(59-57-43)35-47-49(63)51(65)53(67)55(75-47)77-56-54(68)52(66)50(64)48(76-56)36-62-34-44(58-60-62)38-74-46(41-71-31-27-23-19-15-11-7-3)42-72-32-28-24-20-16-12-8-4/h33-34,45-56,63-68H,5-32,35-42H2,1-4H3/t47?,48?,49-,50-,51?,52?,53?,54?,55-,56-/m1/s1. The summed E-state index contributed by atoms with van der Waals surface area (Å²) in [6, 6.07) is 0. The molecule has 2 fully saturated rings. The van der Waals surface area contributed by atoms with Crippen LogP contribution in [0.25, 0.3) is 0 Å². The normalized spacial score (nSPS) is 24.0. The highest BCUT2D eigenvalue weighted by molar-refractivity contribution is 4.96. The minimum absolute atomic E-state index is 0.112. The lowest BCUT2D eigenvalue weighted by Crippen LogP contribution is -2.63. The first-order chi connectivity index (χ1) is 37.6. The van der Waals surface area contributed by atoms with E-state index in [0.717, 1.165) is 51.4 Å². The molecule has 0 radical (unpaired) electrons. The zero-order chi connectivity index (χ0) is 55.3. The highest BCUT2D eigenvalue weighted by Crippen LogP contribution is 2.29. The molecule has 0 spiro atoms. The average Bonchev–Trinajstić information content (AvgIpc) is 4.10. The van der Waals surface area contributed by atoms with Crippen LogP contribution in [-0.4, -0.2) is 187 Å². The summed E-state index contributed by atoms with van der Waals surface area (Å²) in [6.45, 7) is 13.0. The van der Waals surface area contributed by atoms with Gasteiger partial charge in [-0.1, -0.05) is 167 Å². The summed E-state index contributed by atoms with van der Waals surface area (Å²) in [5.41, 5.74) is 1.00. The molecule has 21 nitrogen and oxygen atoms in total. The van der Waals surface area contributed by atoms with Crippen LogP contribution < -0.4 is 0 Å². The van der Waals surface area contributed by atoms with Crippen molar-refractivity contribution < 1.29 is 73.3 Å². The fourth-order valence-electron chi connectivity index (χ4n) is 9.34. The molecule has 2 aliphatic heterocycles. The van der Waals surface area contributed by atoms with Gasteiger partial charge in [-0.3, -0.25) is 0 Å². The lowest BCUT2D eigenvalue weighted by atomic mass is 9.97. The Bertz CT molecular complexity index is 1540. The maximum Gasteiger partial charge on any atom is 0.189 e. The zero-order valence-corrected chi connectivity index (χ0v) is 47.6. The molecule has 77 heavy (non-hydrogen) atoms. The van der Waals surface area contributed by atoms with E-state index in [4.69, 9.17) is 42.6 Å². The van der Waals surface area contributed by atoms with Crippen LogP contribution in [-0.2, 0) is 68.9 Å². The Labute approximate surface area is 460 Å². The molecule has 0 bridgehead atoms. The van der Waals surface area contributed by atoms with E-state index in [1.807, 2.05) is 0 Å². The molecule has 6 unspecified atom stereocenters. The predicted molar refractivity (Wildman–Crippen MR) is 288 cm³/mol. The maximum absolute atomic E-state index is 11.0. The number of aromatic nitrogens is 6. The van der Waals surface area contributed by atoms with E-state index in [0.29, 0.717) is 64.2 Å². The van der Waals surface area contributed by atoms with E-state index >= 15 is 0 Å². The third kappa shape index (κ3) is 27.3. The number of unbranched alkanes of at least 4 members (excludes halogenated alkanes) is 20. The van der Waals surface area contributed by atoms with Gasteiger partial charge in [0.1, 0.15) is 72.4 Å². The largest absolute Gasteiger partial charge is 0.388 e. The highest BCUT2D eigenvalue weighted by atomic mass is 16.8. The first-order valence-electron chi connectivity index (χ1n) is 29.9. The molecule has 448 valence electrons. The van der Waals surface area contributed by atoms with Gasteiger partial charge in [-0.15, -0.1) is 10.2 Å². The fourth-order valence-corrected chi connectivity index (χ4v) is 9.34. The first kappa shape index (κ1) is 67.2. The molecular formula is C56H104N6O15. The average molecular weight is 1100 g/mol. The van der Waals surface area contributed by atoms with Gasteiger partial charge in [-0.2, -0.15) is 0 Å². The van der Waals surface area contributed by atoms with Crippen LogP contribution in [0.2, 0.25) is 0 Å². The number of aliphatic hydroxyl groups is 6. The fraction of sp³-hybridized carbons (Fsp3) is 0.929. The van der Waals surface area contributed by atoms with Crippen LogP contribution in [0.15, 0.2) is 12.4 Å². The number of ether oxygens (including phenoxy) is 9. The van der Waals surface area contributed by atoms with E-state index in [2.05, 4.69) is 48.3 Å². The topological polar surface area (TPSA) is 266 Å². The van der Waals surface area contributed by atoms with Crippen molar-refractivity contribution in [1.29, 1.82) is 0 Å². The van der Waals surface area contributed by atoms with Gasteiger partial charge in [0.05, 0.1) is 65.1 Å². The SMILES string of the molecule is CCCCCCCCOCC(COCCCCCCCC)OCc1cn(CC2O[C@H](O[C@H]3OC(Cn4cc(COC(COCCCCCCCC)COCCCCCCCC)nn4)[C@@H](O)C(O)C3O)C(O)C(O)[C@@H]2O)nn1. The molecule has 2 aromatic heterocycles. The zero-order valence-electron chi connectivity index (χ0n) is 47.6.